The smallest absolute Gasteiger partial charge is 0.109 e. The van der Waals surface area contributed by atoms with Gasteiger partial charge in [-0.05, 0) is 39.3 Å². The molecular weight excluding hydrogens is 244 g/mol. The molecule has 18 heavy (non-hydrogen) atoms. The molecule has 0 aromatic carbocycles. The van der Waals surface area contributed by atoms with E-state index in [9.17, 15) is 0 Å². The van der Waals surface area contributed by atoms with Crippen molar-refractivity contribution in [2.45, 2.75) is 45.7 Å². The molecule has 2 aromatic heterocycles. The lowest BCUT2D eigenvalue weighted by atomic mass is 10.1. The zero-order chi connectivity index (χ0) is 13.0. The zero-order valence-corrected chi connectivity index (χ0v) is 12.0. The Hall–Kier alpha value is -1.13. The Labute approximate surface area is 112 Å². The summed E-state index contributed by atoms with van der Waals surface area (Å²) < 4.78 is 5.34. The summed E-state index contributed by atoms with van der Waals surface area (Å²) in [5.74, 6) is 1.06. The quantitative estimate of drug-likeness (QED) is 0.864. The van der Waals surface area contributed by atoms with Crippen molar-refractivity contribution in [3.63, 3.8) is 0 Å². The average molecular weight is 264 g/mol. The maximum absolute atomic E-state index is 5.34. The van der Waals surface area contributed by atoms with Gasteiger partial charge >= 0.3 is 0 Å². The molecule has 2 rings (SSSR count). The highest BCUT2D eigenvalue weighted by Crippen LogP contribution is 2.20. The van der Waals surface area contributed by atoms with Gasteiger partial charge in [0.1, 0.15) is 10.8 Å². The first kappa shape index (κ1) is 13.3. The SMILES string of the molecule is Cc1cnc(C(C)NC(C)CCc2ccco2)s1. The van der Waals surface area contributed by atoms with Crippen molar-refractivity contribution in [2.24, 2.45) is 0 Å². The Morgan fingerprint density at radius 1 is 1.44 bits per heavy atom. The molecule has 98 valence electrons. The van der Waals surface area contributed by atoms with Crippen molar-refractivity contribution in [3.8, 4) is 0 Å². The van der Waals surface area contributed by atoms with Gasteiger partial charge < -0.3 is 9.73 Å². The van der Waals surface area contributed by atoms with Crippen LogP contribution in [-0.2, 0) is 6.42 Å². The highest BCUT2D eigenvalue weighted by Gasteiger charge is 2.12. The van der Waals surface area contributed by atoms with Crippen molar-refractivity contribution in [1.29, 1.82) is 0 Å². The number of nitrogens with zero attached hydrogens (tertiary/aromatic N) is 1. The van der Waals surface area contributed by atoms with Crippen LogP contribution >= 0.6 is 11.3 Å². The minimum absolute atomic E-state index is 0.315. The topological polar surface area (TPSA) is 38.1 Å². The molecule has 3 nitrogen and oxygen atoms in total. The van der Waals surface area contributed by atoms with Crippen LogP contribution in [-0.4, -0.2) is 11.0 Å². The summed E-state index contributed by atoms with van der Waals surface area (Å²) in [6.45, 7) is 6.47. The second kappa shape index (κ2) is 6.16. The summed E-state index contributed by atoms with van der Waals surface area (Å²) in [6.07, 6.45) is 5.72. The van der Waals surface area contributed by atoms with E-state index in [1.54, 1.807) is 17.6 Å². The van der Waals surface area contributed by atoms with E-state index in [2.05, 4.69) is 31.1 Å². The average Bonchev–Trinajstić information content (AvgIpc) is 2.97. The van der Waals surface area contributed by atoms with Gasteiger partial charge in [0.2, 0.25) is 0 Å². The summed E-state index contributed by atoms with van der Waals surface area (Å²) in [5, 5.41) is 4.74. The van der Waals surface area contributed by atoms with Crippen molar-refractivity contribution < 1.29 is 4.42 Å². The Morgan fingerprint density at radius 2 is 2.28 bits per heavy atom. The summed E-state index contributed by atoms with van der Waals surface area (Å²) >= 11 is 1.76. The predicted molar refractivity (Wildman–Crippen MR) is 74.9 cm³/mol. The van der Waals surface area contributed by atoms with Crippen molar-refractivity contribution >= 4 is 11.3 Å². The number of hydrogen-bond acceptors (Lipinski definition) is 4. The fourth-order valence-electron chi connectivity index (χ4n) is 1.97. The first-order valence-corrected chi connectivity index (χ1v) is 7.17. The molecule has 0 spiro atoms. The van der Waals surface area contributed by atoms with E-state index in [1.807, 2.05) is 18.3 Å². The highest BCUT2D eigenvalue weighted by atomic mass is 32.1. The van der Waals surface area contributed by atoms with Gasteiger partial charge in [0.15, 0.2) is 0 Å². The highest BCUT2D eigenvalue weighted by molar-refractivity contribution is 7.11. The molecule has 1 N–H and O–H groups in total. The van der Waals surface area contributed by atoms with Crippen LogP contribution in [0.15, 0.2) is 29.0 Å². The fourth-order valence-corrected chi connectivity index (χ4v) is 2.75. The Morgan fingerprint density at radius 3 is 2.89 bits per heavy atom. The van der Waals surface area contributed by atoms with E-state index in [0.717, 1.165) is 23.6 Å². The minimum atomic E-state index is 0.315. The van der Waals surface area contributed by atoms with Gasteiger partial charge in [0, 0.05) is 23.5 Å². The number of thiazole rings is 1. The summed E-state index contributed by atoms with van der Waals surface area (Å²) in [7, 11) is 0. The second-order valence-corrected chi connectivity index (χ2v) is 5.98. The Balaban J connectivity index is 1.78. The lowest BCUT2D eigenvalue weighted by Gasteiger charge is -2.17. The van der Waals surface area contributed by atoms with Crippen LogP contribution in [0.1, 0.15) is 42.0 Å². The van der Waals surface area contributed by atoms with Crippen LogP contribution in [0.25, 0.3) is 0 Å². The number of aryl methyl sites for hydroxylation is 2. The van der Waals surface area contributed by atoms with Gasteiger partial charge in [-0.3, -0.25) is 0 Å². The van der Waals surface area contributed by atoms with Gasteiger partial charge in [-0.2, -0.15) is 0 Å². The van der Waals surface area contributed by atoms with E-state index in [0.29, 0.717) is 12.1 Å². The standard InChI is InChI=1S/C14H20N2OS/c1-10(6-7-13-5-4-8-17-13)16-12(3)14-15-9-11(2)18-14/h4-5,8-10,12,16H,6-7H2,1-3H3. The molecule has 0 saturated carbocycles. The van der Waals surface area contributed by atoms with E-state index < -0.39 is 0 Å². The first-order chi connectivity index (χ1) is 8.65. The summed E-state index contributed by atoms with van der Waals surface area (Å²) in [6, 6.07) is 4.74. The molecule has 0 aliphatic carbocycles. The number of aromatic nitrogens is 1. The third-order valence-corrected chi connectivity index (χ3v) is 4.04. The second-order valence-electron chi connectivity index (χ2n) is 4.72. The van der Waals surface area contributed by atoms with Crippen LogP contribution in [0.3, 0.4) is 0 Å². The largest absolute Gasteiger partial charge is 0.469 e. The Kier molecular flexibility index (Phi) is 4.55. The van der Waals surface area contributed by atoms with Crippen LogP contribution in [0.5, 0.6) is 0 Å². The number of nitrogens with one attached hydrogen (secondary N) is 1. The van der Waals surface area contributed by atoms with Gasteiger partial charge in [-0.1, -0.05) is 0 Å². The molecule has 2 heterocycles. The normalized spacial score (nSPS) is 14.6. The van der Waals surface area contributed by atoms with Crippen LogP contribution in [0, 0.1) is 6.92 Å². The molecule has 0 aliphatic heterocycles. The van der Waals surface area contributed by atoms with Gasteiger partial charge in [-0.15, -0.1) is 11.3 Å². The third-order valence-electron chi connectivity index (χ3n) is 2.95. The van der Waals surface area contributed by atoms with E-state index in [4.69, 9.17) is 4.42 Å². The Bertz CT molecular complexity index is 464. The maximum atomic E-state index is 5.34. The molecule has 0 radical (unpaired) electrons. The van der Waals surface area contributed by atoms with Crippen LogP contribution in [0.2, 0.25) is 0 Å². The lowest BCUT2D eigenvalue weighted by molar-refractivity contribution is 0.430. The van der Waals surface area contributed by atoms with Gasteiger partial charge in [0.25, 0.3) is 0 Å². The molecule has 0 amide bonds. The lowest BCUT2D eigenvalue weighted by Crippen LogP contribution is -2.29. The van der Waals surface area contributed by atoms with Crippen LogP contribution in [0.4, 0.5) is 0 Å². The third kappa shape index (κ3) is 3.68. The maximum Gasteiger partial charge on any atom is 0.109 e. The summed E-state index contributed by atoms with van der Waals surface area (Å²) in [4.78, 5) is 5.68. The van der Waals surface area contributed by atoms with Crippen LogP contribution < -0.4 is 5.32 Å². The molecule has 2 atom stereocenters. The van der Waals surface area contributed by atoms with Gasteiger partial charge in [-0.25, -0.2) is 4.98 Å². The number of hydrogen-bond donors (Lipinski definition) is 1. The number of furan rings is 1. The van der Waals surface area contributed by atoms with E-state index in [-0.39, 0.29) is 0 Å². The number of rotatable bonds is 6. The molecular formula is C14H20N2OS. The fraction of sp³-hybridized carbons (Fsp3) is 0.500. The van der Waals surface area contributed by atoms with E-state index in [1.165, 1.54) is 4.88 Å². The zero-order valence-electron chi connectivity index (χ0n) is 11.1. The van der Waals surface area contributed by atoms with Crippen molar-refractivity contribution in [2.75, 3.05) is 0 Å². The van der Waals surface area contributed by atoms with Gasteiger partial charge in [0.05, 0.1) is 12.3 Å². The van der Waals surface area contributed by atoms with Crippen molar-refractivity contribution in [3.05, 3.63) is 40.2 Å². The van der Waals surface area contributed by atoms with Crippen molar-refractivity contribution in [1.82, 2.24) is 10.3 Å². The molecule has 0 aliphatic rings. The molecule has 4 heteroatoms. The molecule has 0 saturated heterocycles. The minimum Gasteiger partial charge on any atom is -0.469 e. The van der Waals surface area contributed by atoms with E-state index >= 15 is 0 Å². The monoisotopic (exact) mass is 264 g/mol. The molecule has 0 bridgehead atoms. The molecule has 2 unspecified atom stereocenters. The first-order valence-electron chi connectivity index (χ1n) is 6.36. The molecule has 2 aromatic rings. The predicted octanol–water partition coefficient (Wildman–Crippen LogP) is 3.72. The molecule has 0 fully saturated rings. The summed E-state index contributed by atoms with van der Waals surface area (Å²) in [5.41, 5.74) is 0.